The second-order valence-electron chi connectivity index (χ2n) is 7.49. The topological polar surface area (TPSA) is 45.7 Å². The van der Waals surface area contributed by atoms with Gasteiger partial charge in [0.1, 0.15) is 11.6 Å². The van der Waals surface area contributed by atoms with E-state index in [4.69, 9.17) is 4.74 Å². The summed E-state index contributed by atoms with van der Waals surface area (Å²) in [5, 5.41) is 0. The van der Waals surface area contributed by atoms with E-state index < -0.39 is 11.7 Å². The Morgan fingerprint density at radius 2 is 1.90 bits per heavy atom. The highest BCUT2D eigenvalue weighted by Gasteiger charge is 2.31. The Morgan fingerprint density at radius 3 is 2.60 bits per heavy atom. The summed E-state index contributed by atoms with van der Waals surface area (Å²) < 4.78 is 43.9. The highest BCUT2D eigenvalue weighted by Crippen LogP contribution is 2.29. The molecule has 1 aromatic carbocycles. The first kappa shape index (κ1) is 21.9. The summed E-state index contributed by atoms with van der Waals surface area (Å²) in [5.41, 5.74) is 1.37. The minimum atomic E-state index is -4.40. The minimum Gasteiger partial charge on any atom is -0.493 e. The number of aryl methyl sites for hydroxylation is 2. The molecule has 2 aromatic rings. The predicted octanol–water partition coefficient (Wildman–Crippen LogP) is 4.23. The van der Waals surface area contributed by atoms with E-state index in [1.54, 1.807) is 4.90 Å². The summed E-state index contributed by atoms with van der Waals surface area (Å²) in [7, 11) is 0. The van der Waals surface area contributed by atoms with E-state index >= 15 is 0 Å². The number of hydrogen-bond donors (Lipinski definition) is 0. The molecule has 0 saturated carbocycles. The predicted molar refractivity (Wildman–Crippen MR) is 109 cm³/mol. The summed E-state index contributed by atoms with van der Waals surface area (Å²) in [5.74, 6) is 1.30. The van der Waals surface area contributed by atoms with E-state index in [1.165, 1.54) is 6.07 Å². The van der Waals surface area contributed by atoms with Gasteiger partial charge in [-0.2, -0.15) is 13.2 Å². The molecule has 1 aliphatic heterocycles. The number of aromatic nitrogens is 1. The quantitative estimate of drug-likeness (QED) is 0.725. The average molecular weight is 421 g/mol. The van der Waals surface area contributed by atoms with Crippen molar-refractivity contribution >= 4 is 11.7 Å². The zero-order chi connectivity index (χ0) is 21.7. The van der Waals surface area contributed by atoms with Crippen LogP contribution in [-0.4, -0.2) is 48.6 Å². The number of amides is 1. The number of alkyl halides is 3. The third-order valence-corrected chi connectivity index (χ3v) is 5.16. The number of nitrogens with zero attached hydrogens (tertiary/aromatic N) is 3. The number of carbonyl (C=O) groups is 1. The fourth-order valence-electron chi connectivity index (χ4n) is 3.41. The Morgan fingerprint density at radius 1 is 1.10 bits per heavy atom. The Hall–Kier alpha value is -2.77. The zero-order valence-corrected chi connectivity index (χ0v) is 17.2. The molecule has 1 saturated heterocycles. The van der Waals surface area contributed by atoms with Crippen molar-refractivity contribution in [3.05, 3.63) is 53.2 Å². The van der Waals surface area contributed by atoms with Gasteiger partial charge in [-0.15, -0.1) is 0 Å². The molecule has 162 valence electrons. The van der Waals surface area contributed by atoms with Crippen molar-refractivity contribution < 1.29 is 22.7 Å². The maximum atomic E-state index is 12.7. The van der Waals surface area contributed by atoms with Gasteiger partial charge in [0.05, 0.1) is 18.6 Å². The van der Waals surface area contributed by atoms with Gasteiger partial charge in [0.15, 0.2) is 0 Å². The lowest BCUT2D eigenvalue weighted by atomic mass is 10.1. The molecule has 0 bridgehead atoms. The lowest BCUT2D eigenvalue weighted by Crippen LogP contribution is -2.36. The minimum absolute atomic E-state index is 0.0162. The second-order valence-corrected chi connectivity index (χ2v) is 7.49. The molecule has 1 aromatic heterocycles. The molecule has 0 radical (unpaired) electrons. The summed E-state index contributed by atoms with van der Waals surface area (Å²) in [6, 6.07) is 8.40. The number of anilines is 1. The molecule has 8 heteroatoms. The van der Waals surface area contributed by atoms with Crippen molar-refractivity contribution in [1.29, 1.82) is 0 Å². The van der Waals surface area contributed by atoms with Crippen LogP contribution < -0.4 is 9.64 Å². The third kappa shape index (κ3) is 5.64. The molecule has 2 heterocycles. The molecule has 0 atom stereocenters. The molecule has 3 rings (SSSR count). The van der Waals surface area contributed by atoms with Gasteiger partial charge in [0.2, 0.25) is 5.91 Å². The maximum absolute atomic E-state index is 12.7. The van der Waals surface area contributed by atoms with Gasteiger partial charge in [-0.05, 0) is 49.6 Å². The fourth-order valence-corrected chi connectivity index (χ4v) is 3.41. The SMILES string of the molecule is Cc1ccc(C)c(OCCC(=O)N2CCCN(c3ccc(C(F)(F)F)cn3)CC2)c1. The number of ether oxygens (including phenoxy) is 1. The van der Waals surface area contributed by atoms with Crippen molar-refractivity contribution in [2.24, 2.45) is 0 Å². The van der Waals surface area contributed by atoms with Crippen LogP contribution >= 0.6 is 0 Å². The molecule has 0 unspecified atom stereocenters. The highest BCUT2D eigenvalue weighted by molar-refractivity contribution is 5.76. The number of rotatable bonds is 5. The monoisotopic (exact) mass is 421 g/mol. The molecule has 0 N–H and O–H groups in total. The smallest absolute Gasteiger partial charge is 0.417 e. The van der Waals surface area contributed by atoms with Gasteiger partial charge in [-0.25, -0.2) is 4.98 Å². The molecule has 0 spiro atoms. The molecule has 5 nitrogen and oxygen atoms in total. The highest BCUT2D eigenvalue weighted by atomic mass is 19.4. The van der Waals surface area contributed by atoms with Crippen LogP contribution in [0, 0.1) is 13.8 Å². The van der Waals surface area contributed by atoms with Crippen molar-refractivity contribution in [1.82, 2.24) is 9.88 Å². The lowest BCUT2D eigenvalue weighted by Gasteiger charge is -2.23. The van der Waals surface area contributed by atoms with E-state index in [0.29, 0.717) is 38.6 Å². The second kappa shape index (κ2) is 9.36. The summed E-state index contributed by atoms with van der Waals surface area (Å²) >= 11 is 0. The average Bonchev–Trinajstić information content (AvgIpc) is 2.96. The lowest BCUT2D eigenvalue weighted by molar-refractivity contribution is -0.137. The molecule has 1 fully saturated rings. The van der Waals surface area contributed by atoms with Crippen molar-refractivity contribution in [3.8, 4) is 5.75 Å². The van der Waals surface area contributed by atoms with E-state index in [-0.39, 0.29) is 12.3 Å². The molecular formula is C22H26F3N3O2. The molecular weight excluding hydrogens is 395 g/mol. The number of hydrogen-bond acceptors (Lipinski definition) is 4. The third-order valence-electron chi connectivity index (χ3n) is 5.16. The fraction of sp³-hybridized carbons (Fsp3) is 0.455. The van der Waals surface area contributed by atoms with Gasteiger partial charge in [-0.3, -0.25) is 4.79 Å². The molecule has 0 aliphatic carbocycles. The van der Waals surface area contributed by atoms with Gasteiger partial charge in [0, 0.05) is 32.4 Å². The van der Waals surface area contributed by atoms with Crippen molar-refractivity contribution in [2.75, 3.05) is 37.7 Å². The van der Waals surface area contributed by atoms with E-state index in [1.807, 2.05) is 36.9 Å². The summed E-state index contributed by atoms with van der Waals surface area (Å²) in [6.07, 6.45) is -2.53. The first-order valence-electron chi connectivity index (χ1n) is 10.00. The number of pyridine rings is 1. The van der Waals surface area contributed by atoms with Crippen LogP contribution in [0.1, 0.15) is 29.5 Å². The van der Waals surface area contributed by atoms with Gasteiger partial charge in [-0.1, -0.05) is 12.1 Å². The number of halogens is 3. The van der Waals surface area contributed by atoms with Crippen LogP contribution in [0.15, 0.2) is 36.5 Å². The van der Waals surface area contributed by atoms with E-state index in [2.05, 4.69) is 4.98 Å². The van der Waals surface area contributed by atoms with E-state index in [0.717, 1.165) is 35.6 Å². The zero-order valence-electron chi connectivity index (χ0n) is 17.2. The van der Waals surface area contributed by atoms with E-state index in [9.17, 15) is 18.0 Å². The first-order chi connectivity index (χ1) is 14.2. The Bertz CT molecular complexity index is 869. The van der Waals surface area contributed by atoms with Crippen LogP contribution in [0.4, 0.5) is 19.0 Å². The first-order valence-corrected chi connectivity index (χ1v) is 10.00. The van der Waals surface area contributed by atoms with Crippen molar-refractivity contribution in [2.45, 2.75) is 32.9 Å². The molecule has 1 amide bonds. The normalized spacial score (nSPS) is 15.1. The van der Waals surface area contributed by atoms with Crippen LogP contribution in [0.5, 0.6) is 5.75 Å². The van der Waals surface area contributed by atoms with Crippen LogP contribution in [-0.2, 0) is 11.0 Å². The number of benzene rings is 1. The molecule has 30 heavy (non-hydrogen) atoms. The van der Waals surface area contributed by atoms with Crippen molar-refractivity contribution in [3.63, 3.8) is 0 Å². The summed E-state index contributed by atoms with van der Waals surface area (Å²) in [6.45, 7) is 6.55. The van der Waals surface area contributed by atoms with Crippen LogP contribution in [0.25, 0.3) is 0 Å². The van der Waals surface area contributed by atoms with Crippen LogP contribution in [0.3, 0.4) is 0 Å². The van der Waals surface area contributed by atoms with Gasteiger partial charge < -0.3 is 14.5 Å². The Kier molecular flexibility index (Phi) is 6.84. The van der Waals surface area contributed by atoms with Crippen LogP contribution in [0.2, 0.25) is 0 Å². The maximum Gasteiger partial charge on any atom is 0.417 e. The van der Waals surface area contributed by atoms with Gasteiger partial charge in [0.25, 0.3) is 0 Å². The largest absolute Gasteiger partial charge is 0.493 e. The Balaban J connectivity index is 1.50. The standard InChI is InChI=1S/C22H26F3N3O2/c1-16-4-5-17(2)19(14-16)30-13-8-21(29)28-10-3-9-27(11-12-28)20-7-6-18(15-26-20)22(23,24)25/h4-7,14-15H,3,8-13H2,1-2H3. The summed E-state index contributed by atoms with van der Waals surface area (Å²) in [4.78, 5) is 20.2. The number of carbonyl (C=O) groups excluding carboxylic acids is 1. The van der Waals surface area contributed by atoms with Gasteiger partial charge >= 0.3 is 6.18 Å². The molecule has 1 aliphatic rings. The Labute approximate surface area is 174 Å².